The molecule has 0 bridgehead atoms. The molecule has 1 aromatic carbocycles. The van der Waals surface area contributed by atoms with Crippen LogP contribution in [0.4, 0.5) is 0 Å². The molecular formula is C17H20O2S. The summed E-state index contributed by atoms with van der Waals surface area (Å²) in [4.78, 5) is 0. The highest BCUT2D eigenvalue weighted by Crippen LogP contribution is 2.53. The minimum Gasteiger partial charge on any atom is -0.231 e. The third-order valence-corrected chi connectivity index (χ3v) is 5.83. The van der Waals surface area contributed by atoms with E-state index in [0.29, 0.717) is 11.8 Å². The molecule has 0 spiro atoms. The quantitative estimate of drug-likeness (QED) is 0.848. The summed E-state index contributed by atoms with van der Waals surface area (Å²) in [5.41, 5.74) is 3.75. The number of benzene rings is 1. The molecule has 20 heavy (non-hydrogen) atoms. The first-order valence-corrected chi connectivity index (χ1v) is 8.30. The van der Waals surface area contributed by atoms with Gasteiger partial charge in [-0.15, -0.1) is 0 Å². The Balaban J connectivity index is 2.08. The monoisotopic (exact) mass is 288 g/mol. The second kappa shape index (κ2) is 4.59. The van der Waals surface area contributed by atoms with Crippen molar-refractivity contribution in [3.63, 3.8) is 0 Å². The predicted octanol–water partition coefficient (Wildman–Crippen LogP) is 3.17. The summed E-state index contributed by atoms with van der Waals surface area (Å²) in [6.07, 6.45) is 6.36. The number of allylic oxidation sites excluding steroid dienone is 3. The van der Waals surface area contributed by atoms with Gasteiger partial charge < -0.3 is 0 Å². The van der Waals surface area contributed by atoms with E-state index in [1.165, 1.54) is 11.1 Å². The fourth-order valence-corrected chi connectivity index (χ4v) is 4.03. The van der Waals surface area contributed by atoms with E-state index in [1.807, 2.05) is 6.08 Å². The van der Waals surface area contributed by atoms with E-state index in [2.05, 4.69) is 50.3 Å². The molecule has 0 heterocycles. The van der Waals surface area contributed by atoms with Gasteiger partial charge in [-0.2, -0.15) is 0 Å². The molecule has 0 radical (unpaired) electrons. The Bertz CT molecular complexity index is 672. The molecule has 0 amide bonds. The van der Waals surface area contributed by atoms with E-state index >= 15 is 0 Å². The van der Waals surface area contributed by atoms with Crippen molar-refractivity contribution in [2.75, 3.05) is 0 Å². The van der Waals surface area contributed by atoms with Crippen molar-refractivity contribution in [3.05, 3.63) is 59.2 Å². The fourth-order valence-electron chi connectivity index (χ4n) is 3.61. The zero-order valence-corrected chi connectivity index (χ0v) is 12.9. The average Bonchev–Trinajstić information content (AvgIpc) is 2.67. The van der Waals surface area contributed by atoms with Crippen molar-refractivity contribution in [3.8, 4) is 0 Å². The summed E-state index contributed by atoms with van der Waals surface area (Å²) in [5.74, 6) is 0.721. The van der Waals surface area contributed by atoms with Crippen LogP contribution < -0.4 is 0 Å². The van der Waals surface area contributed by atoms with Gasteiger partial charge in [-0.1, -0.05) is 56.3 Å². The van der Waals surface area contributed by atoms with Crippen molar-refractivity contribution in [2.24, 2.45) is 5.92 Å². The minimum absolute atomic E-state index is 0.0471. The maximum atomic E-state index is 11.2. The molecule has 3 atom stereocenters. The summed E-state index contributed by atoms with van der Waals surface area (Å²) in [6.45, 7) is 6.27. The molecule has 2 unspecified atom stereocenters. The maximum Gasteiger partial charge on any atom is 0.146 e. The van der Waals surface area contributed by atoms with Gasteiger partial charge in [0.15, 0.2) is 0 Å². The van der Waals surface area contributed by atoms with Gasteiger partial charge in [0.05, 0.1) is 5.25 Å². The molecule has 0 N–H and O–H groups in total. The third-order valence-electron chi connectivity index (χ3n) is 4.90. The largest absolute Gasteiger partial charge is 0.231 e. The molecule has 1 aromatic rings. The van der Waals surface area contributed by atoms with Gasteiger partial charge in [-0.25, -0.2) is 8.42 Å². The Hall–Kier alpha value is -1.35. The zero-order chi connectivity index (χ0) is 14.5. The predicted molar refractivity (Wildman–Crippen MR) is 82.7 cm³/mol. The van der Waals surface area contributed by atoms with Crippen LogP contribution in [0.25, 0.3) is 0 Å². The zero-order valence-electron chi connectivity index (χ0n) is 12.0. The van der Waals surface area contributed by atoms with Crippen molar-refractivity contribution in [1.82, 2.24) is 0 Å². The second-order valence-electron chi connectivity index (χ2n) is 6.35. The Labute approximate surface area is 122 Å². The van der Waals surface area contributed by atoms with Gasteiger partial charge >= 0.3 is 0 Å². The van der Waals surface area contributed by atoms with Crippen LogP contribution in [0.5, 0.6) is 0 Å². The highest BCUT2D eigenvalue weighted by atomic mass is 32.2. The Morgan fingerprint density at radius 1 is 1.20 bits per heavy atom. The van der Waals surface area contributed by atoms with Crippen LogP contribution in [0.1, 0.15) is 37.8 Å². The summed E-state index contributed by atoms with van der Waals surface area (Å²) in [5, 5.41) is -0.401. The summed E-state index contributed by atoms with van der Waals surface area (Å²) < 4.78 is 22.5. The molecule has 106 valence electrons. The molecule has 0 saturated carbocycles. The first-order valence-electron chi connectivity index (χ1n) is 7.05. The Morgan fingerprint density at radius 3 is 2.60 bits per heavy atom. The molecule has 2 nitrogen and oxygen atoms in total. The SMILES string of the molecule is C[C@H](C1=CC2C(C=C1)c1ccccc1C2(C)C)[SH](=O)=O. The molecule has 0 aromatic heterocycles. The van der Waals surface area contributed by atoms with E-state index < -0.39 is 16.0 Å². The van der Waals surface area contributed by atoms with E-state index in [0.717, 1.165) is 5.57 Å². The van der Waals surface area contributed by atoms with Gasteiger partial charge in [0.2, 0.25) is 0 Å². The lowest BCUT2D eigenvalue weighted by molar-refractivity contribution is 0.392. The standard InChI is InChI=1S/C17H20O2S/c1-11(20(18)19)12-8-9-14-13-6-4-5-7-15(13)17(2,3)16(14)10-12/h4-11,14,16,20H,1-3H3/t11-,14?,16?/m1/s1. The first-order chi connectivity index (χ1) is 9.43. The van der Waals surface area contributed by atoms with Crippen LogP contribution >= 0.6 is 0 Å². The molecule has 3 rings (SSSR count). The summed E-state index contributed by atoms with van der Waals surface area (Å²) in [7, 11) is -2.41. The van der Waals surface area contributed by atoms with Crippen molar-refractivity contribution < 1.29 is 8.42 Å². The number of rotatable bonds is 2. The number of thiol groups is 1. The lowest BCUT2D eigenvalue weighted by atomic mass is 9.73. The van der Waals surface area contributed by atoms with E-state index in [4.69, 9.17) is 0 Å². The highest BCUT2D eigenvalue weighted by molar-refractivity contribution is 7.73. The van der Waals surface area contributed by atoms with Crippen LogP contribution in [0, 0.1) is 5.92 Å². The minimum atomic E-state index is -2.41. The molecule has 0 aliphatic heterocycles. The van der Waals surface area contributed by atoms with E-state index in [9.17, 15) is 8.42 Å². The van der Waals surface area contributed by atoms with Gasteiger partial charge in [-0.3, -0.25) is 0 Å². The molecule has 0 saturated heterocycles. The molecule has 3 heteroatoms. The average molecular weight is 288 g/mol. The lowest BCUT2D eigenvalue weighted by Crippen LogP contribution is -2.26. The second-order valence-corrected chi connectivity index (χ2v) is 7.69. The van der Waals surface area contributed by atoms with Crippen LogP contribution in [-0.4, -0.2) is 13.7 Å². The van der Waals surface area contributed by atoms with Gasteiger partial charge in [0.25, 0.3) is 0 Å². The Morgan fingerprint density at radius 2 is 1.90 bits per heavy atom. The van der Waals surface area contributed by atoms with Crippen LogP contribution in [0.15, 0.2) is 48.1 Å². The number of hydrogen-bond donors (Lipinski definition) is 1. The van der Waals surface area contributed by atoms with E-state index in [-0.39, 0.29) is 5.41 Å². The van der Waals surface area contributed by atoms with Crippen molar-refractivity contribution >= 4 is 10.7 Å². The van der Waals surface area contributed by atoms with Gasteiger partial charge in [-0.05, 0) is 35.0 Å². The number of hydrogen-bond acceptors (Lipinski definition) is 2. The topological polar surface area (TPSA) is 34.1 Å². The van der Waals surface area contributed by atoms with Crippen LogP contribution in [0.2, 0.25) is 0 Å². The van der Waals surface area contributed by atoms with Gasteiger partial charge in [0, 0.05) is 5.92 Å². The molecule has 0 fully saturated rings. The first kappa shape index (κ1) is 13.6. The normalized spacial score (nSPS) is 27.9. The lowest BCUT2D eigenvalue weighted by Gasteiger charge is -2.31. The van der Waals surface area contributed by atoms with E-state index in [1.54, 1.807) is 6.92 Å². The van der Waals surface area contributed by atoms with Crippen LogP contribution in [-0.2, 0) is 16.1 Å². The molecular weight excluding hydrogens is 268 g/mol. The highest BCUT2D eigenvalue weighted by Gasteiger charge is 2.45. The fraction of sp³-hybridized carbons (Fsp3) is 0.412. The smallest absolute Gasteiger partial charge is 0.146 e. The number of fused-ring (bicyclic) bond motifs is 3. The van der Waals surface area contributed by atoms with Crippen molar-refractivity contribution in [2.45, 2.75) is 37.4 Å². The van der Waals surface area contributed by atoms with Gasteiger partial charge in [0.1, 0.15) is 10.7 Å². The Kier molecular flexibility index (Phi) is 3.13. The molecule has 2 aliphatic rings. The molecule has 2 aliphatic carbocycles. The summed E-state index contributed by atoms with van der Waals surface area (Å²) in [6, 6.07) is 8.57. The summed E-state index contributed by atoms with van der Waals surface area (Å²) >= 11 is 0. The third kappa shape index (κ3) is 1.87. The van der Waals surface area contributed by atoms with Crippen LogP contribution in [0.3, 0.4) is 0 Å². The van der Waals surface area contributed by atoms with Crippen molar-refractivity contribution in [1.29, 1.82) is 0 Å². The maximum absolute atomic E-state index is 11.2.